The van der Waals surface area contributed by atoms with Crippen LogP contribution in [-0.4, -0.2) is 27.5 Å². The van der Waals surface area contributed by atoms with Gasteiger partial charge in [0.25, 0.3) is 0 Å². The lowest BCUT2D eigenvalue weighted by Gasteiger charge is -2.15. The van der Waals surface area contributed by atoms with Crippen LogP contribution in [0.25, 0.3) is 0 Å². The first-order valence-electron chi connectivity index (χ1n) is 6.02. The van der Waals surface area contributed by atoms with Gasteiger partial charge in [0.05, 0.1) is 6.04 Å². The zero-order chi connectivity index (χ0) is 14.8. The van der Waals surface area contributed by atoms with Crippen LogP contribution in [0.4, 0.5) is 13.2 Å². The van der Waals surface area contributed by atoms with Crippen LogP contribution in [0, 0.1) is 6.92 Å². The first kappa shape index (κ1) is 14.4. The molecule has 20 heavy (non-hydrogen) atoms. The molecule has 0 aliphatic rings. The number of hydrogen-bond acceptors (Lipinski definition) is 3. The van der Waals surface area contributed by atoms with Crippen LogP contribution in [0.15, 0.2) is 30.7 Å². The predicted octanol–water partition coefficient (Wildman–Crippen LogP) is 3.14. The predicted molar refractivity (Wildman–Crippen MR) is 66.6 cm³/mol. The van der Waals surface area contributed by atoms with E-state index in [-0.39, 0.29) is 11.9 Å². The van der Waals surface area contributed by atoms with Gasteiger partial charge in [-0.2, -0.15) is 18.3 Å². The topological polar surface area (TPSA) is 39.9 Å². The third-order valence-corrected chi connectivity index (χ3v) is 2.83. The Labute approximate surface area is 114 Å². The number of hydrogen-bond donors (Lipinski definition) is 0. The minimum atomic E-state index is -4.37. The van der Waals surface area contributed by atoms with Crippen molar-refractivity contribution in [2.75, 3.05) is 6.61 Å². The van der Waals surface area contributed by atoms with E-state index in [9.17, 15) is 13.2 Å². The number of aryl methyl sites for hydroxylation is 1. The van der Waals surface area contributed by atoms with Gasteiger partial charge in [-0.05, 0) is 31.5 Å². The Morgan fingerprint density at radius 2 is 2.15 bits per heavy atom. The van der Waals surface area contributed by atoms with Gasteiger partial charge >= 0.3 is 6.18 Å². The van der Waals surface area contributed by atoms with Crippen LogP contribution in [0.5, 0.6) is 5.88 Å². The van der Waals surface area contributed by atoms with Gasteiger partial charge in [-0.15, -0.1) is 0 Å². The minimum absolute atomic E-state index is 0.00117. The van der Waals surface area contributed by atoms with Gasteiger partial charge in [0.2, 0.25) is 5.88 Å². The zero-order valence-electron chi connectivity index (χ0n) is 11.1. The van der Waals surface area contributed by atoms with E-state index in [2.05, 4.69) is 14.8 Å². The fourth-order valence-electron chi connectivity index (χ4n) is 1.78. The molecule has 0 fully saturated rings. The largest absolute Gasteiger partial charge is 0.468 e. The van der Waals surface area contributed by atoms with Crippen molar-refractivity contribution < 1.29 is 17.9 Å². The highest BCUT2D eigenvalue weighted by Gasteiger charge is 2.29. The Kier molecular flexibility index (Phi) is 3.96. The Morgan fingerprint density at radius 3 is 2.70 bits per heavy atom. The highest BCUT2D eigenvalue weighted by atomic mass is 19.4. The SMILES string of the molecule is Cc1cc(C(C)n2cccn2)cnc1OCC(F)(F)F. The highest BCUT2D eigenvalue weighted by Crippen LogP contribution is 2.23. The molecule has 0 bridgehead atoms. The third-order valence-electron chi connectivity index (χ3n) is 2.83. The van der Waals surface area contributed by atoms with E-state index >= 15 is 0 Å². The summed E-state index contributed by atoms with van der Waals surface area (Å²) in [6.45, 7) is 2.26. The molecule has 0 aliphatic carbocycles. The van der Waals surface area contributed by atoms with E-state index in [1.165, 1.54) is 6.20 Å². The number of rotatable bonds is 4. The molecule has 7 heteroatoms. The average molecular weight is 285 g/mol. The monoisotopic (exact) mass is 285 g/mol. The van der Waals surface area contributed by atoms with E-state index in [0.717, 1.165) is 5.56 Å². The maximum absolute atomic E-state index is 12.1. The molecule has 2 rings (SSSR count). The second-order valence-electron chi connectivity index (χ2n) is 4.46. The summed E-state index contributed by atoms with van der Waals surface area (Å²) >= 11 is 0. The Morgan fingerprint density at radius 1 is 1.40 bits per heavy atom. The van der Waals surface area contributed by atoms with Gasteiger partial charge in [0.1, 0.15) is 0 Å². The molecular formula is C13H14F3N3O. The van der Waals surface area contributed by atoms with Crippen LogP contribution in [0.1, 0.15) is 24.1 Å². The molecule has 2 aromatic rings. The number of ether oxygens (including phenoxy) is 1. The molecule has 0 spiro atoms. The van der Waals surface area contributed by atoms with E-state index in [0.29, 0.717) is 5.56 Å². The lowest BCUT2D eigenvalue weighted by Crippen LogP contribution is -2.20. The summed E-state index contributed by atoms with van der Waals surface area (Å²) in [6, 6.07) is 3.51. The van der Waals surface area contributed by atoms with Crippen LogP contribution < -0.4 is 4.74 Å². The summed E-state index contributed by atoms with van der Waals surface area (Å²) in [5.41, 5.74) is 1.41. The number of alkyl halides is 3. The smallest absolute Gasteiger partial charge is 0.422 e. The molecular weight excluding hydrogens is 271 g/mol. The first-order valence-corrected chi connectivity index (χ1v) is 6.02. The maximum Gasteiger partial charge on any atom is 0.422 e. The summed E-state index contributed by atoms with van der Waals surface area (Å²) in [5.74, 6) is -0.00117. The Balaban J connectivity index is 2.13. The van der Waals surface area contributed by atoms with Crippen LogP contribution in [0.3, 0.4) is 0 Å². The molecule has 2 aromatic heterocycles. The summed E-state index contributed by atoms with van der Waals surface area (Å²) in [4.78, 5) is 3.95. The van der Waals surface area contributed by atoms with Crippen molar-refractivity contribution in [3.63, 3.8) is 0 Å². The average Bonchev–Trinajstić information content (AvgIpc) is 2.89. The fourth-order valence-corrected chi connectivity index (χ4v) is 1.78. The summed E-state index contributed by atoms with van der Waals surface area (Å²) in [6.07, 6.45) is 0.617. The zero-order valence-corrected chi connectivity index (χ0v) is 11.1. The molecule has 0 amide bonds. The first-order chi connectivity index (χ1) is 9.37. The maximum atomic E-state index is 12.1. The highest BCUT2D eigenvalue weighted by molar-refractivity contribution is 5.30. The molecule has 0 saturated heterocycles. The molecule has 0 radical (unpaired) electrons. The van der Waals surface area contributed by atoms with Crippen LogP contribution >= 0.6 is 0 Å². The number of halogens is 3. The van der Waals surface area contributed by atoms with Crippen molar-refractivity contribution in [3.05, 3.63) is 41.9 Å². The Hall–Kier alpha value is -2.05. The molecule has 4 nitrogen and oxygen atoms in total. The van der Waals surface area contributed by atoms with E-state index in [4.69, 9.17) is 0 Å². The molecule has 0 saturated carbocycles. The van der Waals surface area contributed by atoms with Crippen LogP contribution in [0.2, 0.25) is 0 Å². The Bertz CT molecular complexity index is 567. The van der Waals surface area contributed by atoms with Crippen molar-refractivity contribution in [1.29, 1.82) is 0 Å². The molecule has 1 atom stereocenters. The van der Waals surface area contributed by atoms with Gasteiger partial charge in [0, 0.05) is 24.2 Å². The number of pyridine rings is 1. The quantitative estimate of drug-likeness (QED) is 0.866. The van der Waals surface area contributed by atoms with Gasteiger partial charge in [0.15, 0.2) is 6.61 Å². The second kappa shape index (κ2) is 5.52. The molecule has 2 heterocycles. The summed E-state index contributed by atoms with van der Waals surface area (Å²) in [5, 5.41) is 4.12. The molecule has 0 N–H and O–H groups in total. The lowest BCUT2D eigenvalue weighted by molar-refractivity contribution is -0.154. The summed E-state index contributed by atoms with van der Waals surface area (Å²) in [7, 11) is 0. The van der Waals surface area contributed by atoms with E-state index in [1.54, 1.807) is 29.9 Å². The van der Waals surface area contributed by atoms with E-state index < -0.39 is 12.8 Å². The number of aromatic nitrogens is 3. The standard InChI is InChI=1S/C13H14F3N3O/c1-9-6-11(10(2)19-5-3-4-18-19)7-17-12(9)20-8-13(14,15)16/h3-7,10H,8H2,1-2H3. The molecule has 0 aromatic carbocycles. The molecule has 108 valence electrons. The van der Waals surface area contributed by atoms with Gasteiger partial charge in [-0.25, -0.2) is 4.98 Å². The third kappa shape index (κ3) is 3.49. The van der Waals surface area contributed by atoms with Crippen molar-refractivity contribution in [3.8, 4) is 5.88 Å². The normalized spacial score (nSPS) is 13.2. The molecule has 0 aliphatic heterocycles. The van der Waals surface area contributed by atoms with Crippen molar-refractivity contribution >= 4 is 0 Å². The minimum Gasteiger partial charge on any atom is -0.468 e. The second-order valence-corrected chi connectivity index (χ2v) is 4.46. The van der Waals surface area contributed by atoms with Gasteiger partial charge in [-0.1, -0.05) is 0 Å². The van der Waals surface area contributed by atoms with E-state index in [1.807, 2.05) is 13.1 Å². The van der Waals surface area contributed by atoms with Gasteiger partial charge in [-0.3, -0.25) is 4.68 Å². The lowest BCUT2D eigenvalue weighted by atomic mass is 10.1. The van der Waals surface area contributed by atoms with Crippen molar-refractivity contribution in [2.45, 2.75) is 26.1 Å². The summed E-state index contributed by atoms with van der Waals surface area (Å²) < 4.78 is 42.7. The molecule has 1 unspecified atom stereocenters. The van der Waals surface area contributed by atoms with Crippen molar-refractivity contribution in [2.24, 2.45) is 0 Å². The fraction of sp³-hybridized carbons (Fsp3) is 0.385. The van der Waals surface area contributed by atoms with Crippen molar-refractivity contribution in [1.82, 2.24) is 14.8 Å². The number of nitrogens with zero attached hydrogens (tertiary/aromatic N) is 3. The van der Waals surface area contributed by atoms with Gasteiger partial charge < -0.3 is 4.74 Å². The van der Waals surface area contributed by atoms with Crippen LogP contribution in [-0.2, 0) is 0 Å².